The minimum absolute atomic E-state index is 0.00744. The van der Waals surface area contributed by atoms with Gasteiger partial charge in [-0.2, -0.15) is 0 Å². The fraction of sp³-hybridized carbons (Fsp3) is 0.562. The molecule has 116 valence electrons. The number of amides is 2. The molecule has 1 aliphatic rings. The zero-order valence-electron chi connectivity index (χ0n) is 13.0. The van der Waals surface area contributed by atoms with E-state index >= 15 is 0 Å². The van der Waals surface area contributed by atoms with E-state index < -0.39 is 0 Å². The third kappa shape index (κ3) is 4.93. The van der Waals surface area contributed by atoms with Gasteiger partial charge in [-0.1, -0.05) is 19.1 Å². The molecule has 0 bridgehead atoms. The Morgan fingerprint density at radius 2 is 1.86 bits per heavy atom. The first kappa shape index (κ1) is 15.6. The molecule has 2 rings (SSSR count). The van der Waals surface area contributed by atoms with E-state index in [1.165, 1.54) is 5.56 Å². The van der Waals surface area contributed by atoms with Gasteiger partial charge in [0.05, 0.1) is 6.54 Å². The minimum Gasteiger partial charge on any atom is -0.492 e. The lowest BCUT2D eigenvalue weighted by Crippen LogP contribution is -2.51. The van der Waals surface area contributed by atoms with Gasteiger partial charge in [-0.15, -0.1) is 0 Å². The zero-order chi connectivity index (χ0) is 15.1. The first-order valence-corrected chi connectivity index (χ1v) is 7.62. The van der Waals surface area contributed by atoms with Crippen molar-refractivity contribution in [2.24, 2.45) is 0 Å². The molecule has 0 saturated carbocycles. The number of urea groups is 1. The van der Waals surface area contributed by atoms with Gasteiger partial charge in [0.25, 0.3) is 0 Å². The molecule has 0 aliphatic carbocycles. The number of carbonyl (C=O) groups excluding carboxylic acids is 1. The summed E-state index contributed by atoms with van der Waals surface area (Å²) in [5, 5.41) is 2.90. The Kier molecular flexibility index (Phi) is 5.87. The summed E-state index contributed by atoms with van der Waals surface area (Å²) < 4.78 is 5.62. The van der Waals surface area contributed by atoms with Crippen LogP contribution in [0.5, 0.6) is 5.75 Å². The van der Waals surface area contributed by atoms with Gasteiger partial charge < -0.3 is 19.9 Å². The minimum atomic E-state index is 0.00744. The molecule has 1 aromatic rings. The maximum atomic E-state index is 11.9. The third-order valence-corrected chi connectivity index (χ3v) is 3.77. The smallest absolute Gasteiger partial charge is 0.317 e. The third-order valence-electron chi connectivity index (χ3n) is 3.77. The average Bonchev–Trinajstić information content (AvgIpc) is 2.52. The number of benzene rings is 1. The Morgan fingerprint density at radius 1 is 1.19 bits per heavy atom. The van der Waals surface area contributed by atoms with E-state index in [0.29, 0.717) is 13.2 Å². The summed E-state index contributed by atoms with van der Waals surface area (Å²) in [6, 6.07) is 8.09. The number of nitrogens with one attached hydrogen (secondary N) is 1. The predicted octanol–water partition coefficient (Wildman–Crippen LogP) is 1.58. The Balaban J connectivity index is 1.63. The molecule has 0 spiro atoms. The van der Waals surface area contributed by atoms with Crippen molar-refractivity contribution in [3.05, 3.63) is 29.8 Å². The molecule has 1 aromatic carbocycles. The molecule has 5 nitrogen and oxygen atoms in total. The van der Waals surface area contributed by atoms with Gasteiger partial charge in [0.1, 0.15) is 12.4 Å². The first-order chi connectivity index (χ1) is 10.2. The van der Waals surface area contributed by atoms with E-state index in [1.807, 2.05) is 17.0 Å². The van der Waals surface area contributed by atoms with Crippen molar-refractivity contribution in [1.82, 2.24) is 15.1 Å². The molecule has 5 heteroatoms. The van der Waals surface area contributed by atoms with Crippen molar-refractivity contribution in [3.63, 3.8) is 0 Å². The van der Waals surface area contributed by atoms with Crippen LogP contribution in [0.15, 0.2) is 24.3 Å². The molecule has 0 radical (unpaired) electrons. The Bertz CT molecular complexity index is 439. The van der Waals surface area contributed by atoms with Crippen LogP contribution < -0.4 is 10.1 Å². The molecule has 1 saturated heterocycles. The van der Waals surface area contributed by atoms with Crippen molar-refractivity contribution in [1.29, 1.82) is 0 Å². The van der Waals surface area contributed by atoms with Crippen molar-refractivity contribution in [3.8, 4) is 5.75 Å². The van der Waals surface area contributed by atoms with Gasteiger partial charge in [-0.25, -0.2) is 4.79 Å². The van der Waals surface area contributed by atoms with Crippen molar-refractivity contribution in [2.45, 2.75) is 13.3 Å². The van der Waals surface area contributed by atoms with Crippen molar-refractivity contribution < 1.29 is 9.53 Å². The van der Waals surface area contributed by atoms with Crippen LogP contribution in [0.1, 0.15) is 12.5 Å². The largest absolute Gasteiger partial charge is 0.492 e. The van der Waals surface area contributed by atoms with Gasteiger partial charge in [0, 0.05) is 26.2 Å². The molecule has 0 atom stereocenters. The van der Waals surface area contributed by atoms with Gasteiger partial charge in [0.15, 0.2) is 0 Å². The molecule has 0 unspecified atom stereocenters. The molecular weight excluding hydrogens is 266 g/mol. The van der Waals surface area contributed by atoms with E-state index in [2.05, 4.69) is 36.3 Å². The Labute approximate surface area is 126 Å². The van der Waals surface area contributed by atoms with Crippen LogP contribution >= 0.6 is 0 Å². The lowest BCUT2D eigenvalue weighted by molar-refractivity contribution is 0.153. The summed E-state index contributed by atoms with van der Waals surface area (Å²) in [6.07, 6.45) is 1.03. The fourth-order valence-electron chi connectivity index (χ4n) is 2.27. The van der Waals surface area contributed by atoms with E-state index in [1.54, 1.807) is 0 Å². The highest BCUT2D eigenvalue weighted by atomic mass is 16.5. The Morgan fingerprint density at radius 3 is 2.48 bits per heavy atom. The number of likely N-dealkylation sites (N-methyl/N-ethyl adjacent to an activating group) is 1. The van der Waals surface area contributed by atoms with Crippen molar-refractivity contribution in [2.75, 3.05) is 46.4 Å². The number of aryl methyl sites for hydroxylation is 1. The number of ether oxygens (including phenoxy) is 1. The molecule has 1 heterocycles. The van der Waals surface area contributed by atoms with Crippen LogP contribution in [0.4, 0.5) is 4.79 Å². The highest BCUT2D eigenvalue weighted by molar-refractivity contribution is 5.74. The number of nitrogens with zero attached hydrogens (tertiary/aromatic N) is 2. The lowest BCUT2D eigenvalue weighted by atomic mass is 10.2. The quantitative estimate of drug-likeness (QED) is 0.838. The fourth-order valence-corrected chi connectivity index (χ4v) is 2.27. The zero-order valence-corrected chi connectivity index (χ0v) is 13.0. The van der Waals surface area contributed by atoms with E-state index in [9.17, 15) is 4.79 Å². The van der Waals surface area contributed by atoms with Crippen LogP contribution in [0.25, 0.3) is 0 Å². The molecule has 1 aliphatic heterocycles. The molecule has 1 N–H and O–H groups in total. The molecular formula is C16H25N3O2. The normalized spacial score (nSPS) is 15.8. The monoisotopic (exact) mass is 291 g/mol. The summed E-state index contributed by atoms with van der Waals surface area (Å²) in [4.78, 5) is 16.0. The second-order valence-electron chi connectivity index (χ2n) is 5.37. The molecule has 2 amide bonds. The Hall–Kier alpha value is -1.75. The lowest BCUT2D eigenvalue weighted by Gasteiger charge is -2.32. The second-order valence-corrected chi connectivity index (χ2v) is 5.37. The van der Waals surface area contributed by atoms with Crippen LogP contribution in [-0.4, -0.2) is 62.2 Å². The number of hydrogen-bond acceptors (Lipinski definition) is 3. The summed E-state index contributed by atoms with van der Waals surface area (Å²) in [7, 11) is 2.08. The number of piperazine rings is 1. The predicted molar refractivity (Wildman–Crippen MR) is 83.8 cm³/mol. The second kappa shape index (κ2) is 7.88. The number of rotatable bonds is 5. The summed E-state index contributed by atoms with van der Waals surface area (Å²) in [5.74, 6) is 0.848. The highest BCUT2D eigenvalue weighted by Gasteiger charge is 2.18. The summed E-state index contributed by atoms with van der Waals surface area (Å²) >= 11 is 0. The van der Waals surface area contributed by atoms with E-state index in [4.69, 9.17) is 4.74 Å². The average molecular weight is 291 g/mol. The van der Waals surface area contributed by atoms with Gasteiger partial charge >= 0.3 is 6.03 Å². The summed E-state index contributed by atoms with van der Waals surface area (Å²) in [5.41, 5.74) is 1.30. The van der Waals surface area contributed by atoms with E-state index in [0.717, 1.165) is 38.3 Å². The van der Waals surface area contributed by atoms with Crippen LogP contribution in [0.2, 0.25) is 0 Å². The maximum absolute atomic E-state index is 11.9. The summed E-state index contributed by atoms with van der Waals surface area (Å²) in [6.45, 7) is 6.61. The SMILES string of the molecule is CCc1ccc(OCCNC(=O)N2CCN(C)CC2)cc1. The van der Waals surface area contributed by atoms with Gasteiger partial charge in [-0.05, 0) is 31.2 Å². The van der Waals surface area contributed by atoms with Gasteiger partial charge in [0.2, 0.25) is 0 Å². The number of carbonyl (C=O) groups is 1. The standard InChI is InChI=1S/C16H25N3O2/c1-3-14-4-6-15(7-5-14)21-13-8-17-16(20)19-11-9-18(2)10-12-19/h4-7H,3,8-13H2,1-2H3,(H,17,20). The maximum Gasteiger partial charge on any atom is 0.317 e. The topological polar surface area (TPSA) is 44.8 Å². The number of hydrogen-bond donors (Lipinski definition) is 1. The van der Waals surface area contributed by atoms with Crippen LogP contribution in [-0.2, 0) is 6.42 Å². The molecule has 21 heavy (non-hydrogen) atoms. The first-order valence-electron chi connectivity index (χ1n) is 7.62. The van der Waals surface area contributed by atoms with Crippen LogP contribution in [0, 0.1) is 0 Å². The van der Waals surface area contributed by atoms with Crippen molar-refractivity contribution >= 4 is 6.03 Å². The van der Waals surface area contributed by atoms with E-state index in [-0.39, 0.29) is 6.03 Å². The highest BCUT2D eigenvalue weighted by Crippen LogP contribution is 2.12. The molecule has 0 aromatic heterocycles. The molecule has 1 fully saturated rings. The van der Waals surface area contributed by atoms with Gasteiger partial charge in [-0.3, -0.25) is 0 Å². The van der Waals surface area contributed by atoms with Crippen LogP contribution in [0.3, 0.4) is 0 Å².